The first-order valence-corrected chi connectivity index (χ1v) is 9.38. The second-order valence-corrected chi connectivity index (χ2v) is 7.77. The molecule has 1 aliphatic heterocycles. The molecule has 0 aromatic heterocycles. The molecule has 0 atom stereocenters. The van der Waals surface area contributed by atoms with Gasteiger partial charge in [-0.3, -0.25) is 9.52 Å². The van der Waals surface area contributed by atoms with Crippen molar-refractivity contribution in [3.05, 3.63) is 47.5 Å². The highest BCUT2D eigenvalue weighted by Crippen LogP contribution is 2.38. The molecule has 6 nitrogen and oxygen atoms in total. The highest BCUT2D eigenvalue weighted by molar-refractivity contribution is 7.92. The lowest BCUT2D eigenvalue weighted by Gasteiger charge is -2.29. The summed E-state index contributed by atoms with van der Waals surface area (Å²) in [5.74, 6) is 0.297. The van der Waals surface area contributed by atoms with Crippen molar-refractivity contribution < 1.29 is 17.9 Å². The number of ketones is 1. The van der Waals surface area contributed by atoms with Gasteiger partial charge >= 0.3 is 0 Å². The van der Waals surface area contributed by atoms with Gasteiger partial charge < -0.3 is 9.64 Å². The zero-order chi connectivity index (χ0) is 18.2. The normalized spacial score (nSPS) is 13.8. The summed E-state index contributed by atoms with van der Waals surface area (Å²) in [7, 11) is -1.91. The molecule has 0 bridgehead atoms. The second kappa shape index (κ2) is 6.40. The molecule has 0 amide bonds. The van der Waals surface area contributed by atoms with Gasteiger partial charge in [0.15, 0.2) is 11.5 Å². The lowest BCUT2D eigenvalue weighted by atomic mass is 10.1. The Bertz CT molecular complexity index is 921. The van der Waals surface area contributed by atoms with Crippen LogP contribution in [0.25, 0.3) is 0 Å². The molecule has 0 saturated carbocycles. The van der Waals surface area contributed by atoms with Crippen molar-refractivity contribution in [2.24, 2.45) is 0 Å². The first-order valence-electron chi connectivity index (χ1n) is 7.90. The van der Waals surface area contributed by atoms with Crippen molar-refractivity contribution in [2.75, 3.05) is 29.8 Å². The number of likely N-dealkylation sites (N-methyl/N-ethyl adjacent to an activating group) is 1. The van der Waals surface area contributed by atoms with Crippen LogP contribution in [0.3, 0.4) is 0 Å². The highest BCUT2D eigenvalue weighted by Gasteiger charge is 2.27. The summed E-state index contributed by atoms with van der Waals surface area (Å²) in [5.41, 5.74) is 2.52. The Balaban J connectivity index is 1.99. The van der Waals surface area contributed by atoms with Crippen molar-refractivity contribution >= 4 is 27.2 Å². The molecule has 1 N–H and O–H groups in total. The summed E-state index contributed by atoms with van der Waals surface area (Å²) in [6.45, 7) is 4.45. The number of anilines is 2. The van der Waals surface area contributed by atoms with E-state index in [0.29, 0.717) is 30.2 Å². The molecule has 1 aliphatic rings. The van der Waals surface area contributed by atoms with Crippen LogP contribution >= 0.6 is 0 Å². The van der Waals surface area contributed by atoms with Crippen LogP contribution in [0.5, 0.6) is 5.75 Å². The molecule has 3 rings (SSSR count). The Morgan fingerprint density at radius 3 is 2.52 bits per heavy atom. The van der Waals surface area contributed by atoms with Gasteiger partial charge in [0.1, 0.15) is 11.5 Å². The van der Waals surface area contributed by atoms with E-state index in [4.69, 9.17) is 4.74 Å². The fourth-order valence-corrected chi connectivity index (χ4v) is 4.04. The minimum atomic E-state index is -3.82. The van der Waals surface area contributed by atoms with E-state index in [9.17, 15) is 13.2 Å². The smallest absolute Gasteiger partial charge is 0.265 e. The van der Waals surface area contributed by atoms with Crippen LogP contribution < -0.4 is 14.4 Å². The van der Waals surface area contributed by atoms with Crippen molar-refractivity contribution in [3.63, 3.8) is 0 Å². The number of rotatable bonds is 4. The lowest BCUT2D eigenvalue weighted by Crippen LogP contribution is -2.30. The van der Waals surface area contributed by atoms with E-state index in [2.05, 4.69) is 4.72 Å². The van der Waals surface area contributed by atoms with Gasteiger partial charge in [0.05, 0.1) is 12.2 Å². The zero-order valence-electron chi connectivity index (χ0n) is 14.4. The molecule has 0 saturated heterocycles. The maximum atomic E-state index is 12.9. The molecule has 2 aromatic carbocycles. The van der Waals surface area contributed by atoms with Gasteiger partial charge in [-0.25, -0.2) is 8.42 Å². The number of benzene rings is 2. The summed E-state index contributed by atoms with van der Waals surface area (Å²) in [4.78, 5) is 13.4. The summed E-state index contributed by atoms with van der Waals surface area (Å²) < 4.78 is 34.0. The first-order chi connectivity index (χ1) is 11.8. The molecular formula is C18H20N2O4S. The van der Waals surface area contributed by atoms with Crippen molar-refractivity contribution in [2.45, 2.75) is 18.7 Å². The Hall–Kier alpha value is -2.54. The lowest BCUT2D eigenvalue weighted by molar-refractivity contribution is 0.101. The monoisotopic (exact) mass is 360 g/mol. The minimum Gasteiger partial charge on any atom is -0.488 e. The molecule has 132 valence electrons. The number of sulfonamides is 1. The number of fused-ring (bicyclic) bond motifs is 1. The Kier molecular flexibility index (Phi) is 4.43. The molecule has 0 spiro atoms. The fraction of sp³-hybridized carbons (Fsp3) is 0.278. The van der Waals surface area contributed by atoms with Crippen LogP contribution in [0.4, 0.5) is 11.4 Å². The van der Waals surface area contributed by atoms with Crippen LogP contribution in [0.1, 0.15) is 22.8 Å². The summed E-state index contributed by atoms with van der Waals surface area (Å²) >= 11 is 0. The van der Waals surface area contributed by atoms with E-state index >= 15 is 0 Å². The van der Waals surface area contributed by atoms with E-state index in [0.717, 1.165) is 11.3 Å². The number of ether oxygens (including phenoxy) is 1. The van der Waals surface area contributed by atoms with Crippen LogP contribution in [0.2, 0.25) is 0 Å². The summed E-state index contributed by atoms with van der Waals surface area (Å²) in [5, 5.41) is 0. The van der Waals surface area contributed by atoms with Gasteiger partial charge in [0.25, 0.3) is 10.0 Å². The topological polar surface area (TPSA) is 75.7 Å². The third kappa shape index (κ3) is 3.46. The Morgan fingerprint density at radius 1 is 1.20 bits per heavy atom. The van der Waals surface area contributed by atoms with Gasteiger partial charge in [-0.2, -0.15) is 0 Å². The van der Waals surface area contributed by atoms with Crippen LogP contribution in [0.15, 0.2) is 41.3 Å². The predicted octanol–water partition coefficient (Wildman–Crippen LogP) is 2.83. The van der Waals surface area contributed by atoms with Crippen molar-refractivity contribution in [1.29, 1.82) is 0 Å². The average molecular weight is 360 g/mol. The van der Waals surface area contributed by atoms with Crippen molar-refractivity contribution in [3.8, 4) is 5.75 Å². The van der Waals surface area contributed by atoms with Gasteiger partial charge in [0, 0.05) is 18.3 Å². The van der Waals surface area contributed by atoms with Gasteiger partial charge in [-0.15, -0.1) is 0 Å². The number of hydrogen-bond acceptors (Lipinski definition) is 5. The van der Waals surface area contributed by atoms with E-state index < -0.39 is 10.0 Å². The Morgan fingerprint density at radius 2 is 1.88 bits per heavy atom. The maximum Gasteiger partial charge on any atom is 0.265 e. The molecule has 0 fully saturated rings. The molecule has 0 radical (unpaired) electrons. The fourth-order valence-electron chi connectivity index (χ4n) is 2.74. The standard InChI is InChI=1S/C18H20N2O4S/c1-12-10-16-18(24-9-8-20(16)3)17(11-12)25(22,23)19-15-6-4-14(5-7-15)13(2)21/h4-7,10-11,19H,8-9H2,1-3H3. The molecule has 25 heavy (non-hydrogen) atoms. The molecule has 2 aromatic rings. The third-order valence-electron chi connectivity index (χ3n) is 4.10. The molecule has 7 heteroatoms. The first kappa shape index (κ1) is 17.3. The largest absolute Gasteiger partial charge is 0.488 e. The maximum absolute atomic E-state index is 12.9. The van der Waals surface area contributed by atoms with E-state index in [1.165, 1.54) is 6.92 Å². The zero-order valence-corrected chi connectivity index (χ0v) is 15.2. The van der Waals surface area contributed by atoms with Gasteiger partial charge in [-0.05, 0) is 55.8 Å². The molecular weight excluding hydrogens is 340 g/mol. The average Bonchev–Trinajstić information content (AvgIpc) is 2.55. The van der Waals surface area contributed by atoms with Crippen molar-refractivity contribution in [1.82, 2.24) is 0 Å². The van der Waals surface area contributed by atoms with Gasteiger partial charge in [-0.1, -0.05) is 0 Å². The van der Waals surface area contributed by atoms with Crippen LogP contribution in [-0.2, 0) is 10.0 Å². The summed E-state index contributed by atoms with van der Waals surface area (Å²) in [6.07, 6.45) is 0. The van der Waals surface area contributed by atoms with Crippen LogP contribution in [0, 0.1) is 6.92 Å². The second-order valence-electron chi connectivity index (χ2n) is 6.12. The minimum absolute atomic E-state index is 0.0707. The summed E-state index contributed by atoms with van der Waals surface area (Å²) in [6, 6.07) is 9.85. The number of aryl methyl sites for hydroxylation is 1. The van der Waals surface area contributed by atoms with Gasteiger partial charge in [0.2, 0.25) is 0 Å². The molecule has 0 unspecified atom stereocenters. The number of hydrogen-bond donors (Lipinski definition) is 1. The number of carbonyl (C=O) groups excluding carboxylic acids is 1. The number of nitrogens with one attached hydrogen (secondary N) is 1. The third-order valence-corrected chi connectivity index (χ3v) is 5.48. The Labute approximate surface area is 147 Å². The quantitative estimate of drug-likeness (QED) is 0.849. The number of carbonyl (C=O) groups is 1. The molecule has 0 aliphatic carbocycles. The SMILES string of the molecule is CC(=O)c1ccc(NS(=O)(=O)c2cc(C)cc3c2OCCN3C)cc1. The molecule has 1 heterocycles. The van der Waals surface area contributed by atoms with E-state index in [1.807, 2.05) is 24.9 Å². The highest BCUT2D eigenvalue weighted by atomic mass is 32.2. The number of Topliss-reactive ketones (excluding diaryl/α,β-unsaturated/α-hetero) is 1. The predicted molar refractivity (Wildman–Crippen MR) is 97.2 cm³/mol. The number of nitrogens with zero attached hydrogens (tertiary/aromatic N) is 1. The van der Waals surface area contributed by atoms with E-state index in [1.54, 1.807) is 30.3 Å². The van der Waals surface area contributed by atoms with E-state index in [-0.39, 0.29) is 10.7 Å². The van der Waals surface area contributed by atoms with Crippen LogP contribution in [-0.4, -0.2) is 34.4 Å².